The third kappa shape index (κ3) is 4.09. The second-order valence-electron chi connectivity index (χ2n) is 4.76. The number of aromatic nitrogens is 1. The van der Waals surface area contributed by atoms with Gasteiger partial charge in [-0.3, -0.25) is 4.79 Å². The molecule has 2 rings (SSSR count). The Bertz CT molecular complexity index is 643. The second-order valence-corrected chi connectivity index (χ2v) is 5.76. The molecule has 7 heteroatoms. The van der Waals surface area contributed by atoms with Gasteiger partial charge in [0.2, 0.25) is 0 Å². The summed E-state index contributed by atoms with van der Waals surface area (Å²) >= 11 is 1.23. The molecule has 1 aromatic heterocycles. The zero-order valence-corrected chi connectivity index (χ0v) is 13.1. The van der Waals surface area contributed by atoms with E-state index in [0.717, 1.165) is 5.56 Å². The Hall–Kier alpha value is -1.83. The lowest BCUT2D eigenvalue weighted by atomic mass is 10.2. The summed E-state index contributed by atoms with van der Waals surface area (Å²) in [6.45, 7) is 2.00. The summed E-state index contributed by atoms with van der Waals surface area (Å²) in [5, 5.41) is 12.8. The quantitative estimate of drug-likeness (QED) is 0.852. The van der Waals surface area contributed by atoms with Crippen LogP contribution in [-0.2, 0) is 4.74 Å². The van der Waals surface area contributed by atoms with Gasteiger partial charge < -0.3 is 15.2 Å². The predicted molar refractivity (Wildman–Crippen MR) is 82.5 cm³/mol. The molecule has 22 heavy (non-hydrogen) atoms. The first-order valence-corrected chi connectivity index (χ1v) is 7.51. The van der Waals surface area contributed by atoms with E-state index in [-0.39, 0.29) is 24.9 Å². The highest BCUT2D eigenvalue weighted by atomic mass is 32.1. The van der Waals surface area contributed by atoms with Crippen LogP contribution < -0.4 is 5.32 Å². The van der Waals surface area contributed by atoms with Crippen molar-refractivity contribution in [2.45, 2.75) is 13.0 Å². The summed E-state index contributed by atoms with van der Waals surface area (Å²) in [5.74, 6) is -0.611. The summed E-state index contributed by atoms with van der Waals surface area (Å²) in [6.07, 6.45) is -0.751. The van der Waals surface area contributed by atoms with Crippen LogP contribution in [0.15, 0.2) is 24.3 Å². The van der Waals surface area contributed by atoms with Crippen LogP contribution in [0.4, 0.5) is 4.39 Å². The number of amides is 1. The maximum absolute atomic E-state index is 12.9. The number of nitrogens with one attached hydrogen (secondary N) is 1. The first kappa shape index (κ1) is 16.5. The van der Waals surface area contributed by atoms with Gasteiger partial charge in [-0.1, -0.05) is 0 Å². The van der Waals surface area contributed by atoms with Gasteiger partial charge in [-0.15, -0.1) is 11.3 Å². The number of rotatable bonds is 6. The third-order valence-electron chi connectivity index (χ3n) is 2.95. The first-order chi connectivity index (χ1) is 10.5. The summed E-state index contributed by atoms with van der Waals surface area (Å²) < 4.78 is 17.7. The van der Waals surface area contributed by atoms with Crippen molar-refractivity contribution >= 4 is 17.2 Å². The minimum atomic E-state index is -0.751. The summed E-state index contributed by atoms with van der Waals surface area (Å²) in [7, 11) is 1.48. The van der Waals surface area contributed by atoms with E-state index < -0.39 is 6.10 Å². The van der Waals surface area contributed by atoms with Crippen molar-refractivity contribution in [2.75, 3.05) is 20.3 Å². The van der Waals surface area contributed by atoms with Gasteiger partial charge in [0.1, 0.15) is 15.7 Å². The number of carbonyl (C=O) groups is 1. The molecule has 0 aliphatic heterocycles. The van der Waals surface area contributed by atoms with Crippen molar-refractivity contribution in [3.05, 3.63) is 40.7 Å². The highest BCUT2D eigenvalue weighted by Gasteiger charge is 2.17. The topological polar surface area (TPSA) is 71.5 Å². The van der Waals surface area contributed by atoms with Crippen LogP contribution in [0.5, 0.6) is 0 Å². The summed E-state index contributed by atoms with van der Waals surface area (Å²) in [6, 6.07) is 5.95. The van der Waals surface area contributed by atoms with Crippen LogP contribution in [0, 0.1) is 12.7 Å². The second kappa shape index (κ2) is 7.44. The molecule has 0 bridgehead atoms. The molecule has 1 amide bonds. The average molecular weight is 324 g/mol. The zero-order valence-electron chi connectivity index (χ0n) is 12.3. The van der Waals surface area contributed by atoms with Gasteiger partial charge in [0.05, 0.1) is 18.4 Å². The first-order valence-electron chi connectivity index (χ1n) is 6.70. The van der Waals surface area contributed by atoms with Gasteiger partial charge in [0.15, 0.2) is 0 Å². The van der Waals surface area contributed by atoms with Gasteiger partial charge in [-0.25, -0.2) is 9.37 Å². The van der Waals surface area contributed by atoms with Crippen LogP contribution in [0.1, 0.15) is 15.4 Å². The molecule has 1 unspecified atom stereocenters. The molecule has 0 radical (unpaired) electrons. The Morgan fingerprint density at radius 2 is 2.14 bits per heavy atom. The number of hydrogen-bond donors (Lipinski definition) is 2. The van der Waals surface area contributed by atoms with E-state index in [1.165, 1.54) is 30.6 Å². The van der Waals surface area contributed by atoms with Crippen molar-refractivity contribution in [3.63, 3.8) is 0 Å². The van der Waals surface area contributed by atoms with Gasteiger partial charge in [-0.05, 0) is 31.2 Å². The number of aliphatic hydroxyl groups is 1. The van der Waals surface area contributed by atoms with E-state index in [0.29, 0.717) is 15.6 Å². The SMILES string of the molecule is COCC(O)CNC(=O)c1sc(-c2ccc(F)cc2)nc1C. The molecule has 0 spiro atoms. The molecule has 0 fully saturated rings. The third-order valence-corrected chi connectivity index (χ3v) is 4.16. The van der Waals surface area contributed by atoms with Gasteiger partial charge in [0, 0.05) is 19.2 Å². The predicted octanol–water partition coefficient (Wildman–Crippen LogP) is 1.99. The molecule has 0 saturated carbocycles. The molecular formula is C15H17FN2O3S. The van der Waals surface area contributed by atoms with Crippen LogP contribution in [0.3, 0.4) is 0 Å². The fourth-order valence-corrected chi connectivity index (χ4v) is 2.85. The van der Waals surface area contributed by atoms with Gasteiger partial charge in [-0.2, -0.15) is 0 Å². The lowest BCUT2D eigenvalue weighted by molar-refractivity contribution is 0.0610. The van der Waals surface area contributed by atoms with E-state index in [1.54, 1.807) is 19.1 Å². The zero-order chi connectivity index (χ0) is 16.1. The number of carbonyl (C=O) groups excluding carboxylic acids is 1. The lowest BCUT2D eigenvalue weighted by Gasteiger charge is -2.09. The highest BCUT2D eigenvalue weighted by molar-refractivity contribution is 7.17. The molecular weight excluding hydrogens is 307 g/mol. The van der Waals surface area contributed by atoms with Crippen molar-refractivity contribution in [2.24, 2.45) is 0 Å². The van der Waals surface area contributed by atoms with Crippen LogP contribution in [0.25, 0.3) is 10.6 Å². The molecule has 1 atom stereocenters. The Morgan fingerprint density at radius 3 is 2.77 bits per heavy atom. The number of halogens is 1. The molecule has 2 aromatic rings. The molecule has 2 N–H and O–H groups in total. The fraction of sp³-hybridized carbons (Fsp3) is 0.333. The largest absolute Gasteiger partial charge is 0.389 e. The number of aryl methyl sites for hydroxylation is 1. The molecule has 118 valence electrons. The number of methoxy groups -OCH3 is 1. The molecule has 0 aliphatic rings. The number of aliphatic hydroxyl groups excluding tert-OH is 1. The molecule has 1 heterocycles. The highest BCUT2D eigenvalue weighted by Crippen LogP contribution is 2.27. The average Bonchev–Trinajstić information content (AvgIpc) is 2.88. The minimum Gasteiger partial charge on any atom is -0.389 e. The van der Waals surface area contributed by atoms with Gasteiger partial charge >= 0.3 is 0 Å². The van der Waals surface area contributed by atoms with Crippen molar-refractivity contribution in [1.29, 1.82) is 0 Å². The van der Waals surface area contributed by atoms with E-state index >= 15 is 0 Å². The Labute approximate surface area is 131 Å². The number of benzene rings is 1. The minimum absolute atomic E-state index is 0.107. The standard InChI is InChI=1S/C15H17FN2O3S/c1-9-13(14(20)17-7-12(19)8-21-2)22-15(18-9)10-3-5-11(16)6-4-10/h3-6,12,19H,7-8H2,1-2H3,(H,17,20). The van der Waals surface area contributed by atoms with E-state index in [9.17, 15) is 14.3 Å². The summed E-state index contributed by atoms with van der Waals surface area (Å²) in [4.78, 5) is 16.9. The number of thiazole rings is 1. The lowest BCUT2D eigenvalue weighted by Crippen LogP contribution is -2.34. The number of ether oxygens (including phenoxy) is 1. The monoisotopic (exact) mass is 324 g/mol. The molecule has 1 aromatic carbocycles. The maximum atomic E-state index is 12.9. The molecule has 5 nitrogen and oxygen atoms in total. The van der Waals surface area contributed by atoms with Crippen LogP contribution in [0.2, 0.25) is 0 Å². The van der Waals surface area contributed by atoms with Crippen molar-refractivity contribution in [3.8, 4) is 10.6 Å². The van der Waals surface area contributed by atoms with Gasteiger partial charge in [0.25, 0.3) is 5.91 Å². The Kier molecular flexibility index (Phi) is 5.59. The molecule has 0 aliphatic carbocycles. The smallest absolute Gasteiger partial charge is 0.263 e. The summed E-state index contributed by atoms with van der Waals surface area (Å²) in [5.41, 5.74) is 1.36. The fourth-order valence-electron chi connectivity index (χ4n) is 1.87. The van der Waals surface area contributed by atoms with Crippen LogP contribution >= 0.6 is 11.3 Å². The normalized spacial score (nSPS) is 12.2. The number of hydrogen-bond acceptors (Lipinski definition) is 5. The van der Waals surface area contributed by atoms with Crippen molar-refractivity contribution < 1.29 is 19.0 Å². The number of nitrogens with zero attached hydrogens (tertiary/aromatic N) is 1. The van der Waals surface area contributed by atoms with Crippen molar-refractivity contribution in [1.82, 2.24) is 10.3 Å². The van der Waals surface area contributed by atoms with Crippen LogP contribution in [-0.4, -0.2) is 42.4 Å². The van der Waals surface area contributed by atoms with E-state index in [4.69, 9.17) is 4.74 Å². The maximum Gasteiger partial charge on any atom is 0.263 e. The Balaban J connectivity index is 2.09. The van der Waals surface area contributed by atoms with E-state index in [1.807, 2.05) is 0 Å². The molecule has 0 saturated heterocycles. The Morgan fingerprint density at radius 1 is 1.45 bits per heavy atom. The van der Waals surface area contributed by atoms with E-state index in [2.05, 4.69) is 10.3 Å².